The van der Waals surface area contributed by atoms with Crippen molar-refractivity contribution in [3.63, 3.8) is 0 Å². The van der Waals surface area contributed by atoms with Crippen LogP contribution in [0.2, 0.25) is 5.02 Å². The Morgan fingerprint density at radius 2 is 1.90 bits per heavy atom. The molecule has 3 atom stereocenters. The van der Waals surface area contributed by atoms with Gasteiger partial charge in [0.05, 0.1) is 16.7 Å². The molecular weight excluding hydrogens is 541 g/mol. The molecule has 1 aliphatic rings. The number of pyridine rings is 1. The summed E-state index contributed by atoms with van der Waals surface area (Å²) in [4.78, 5) is 4.11. The Hall–Kier alpha value is -3.96. The van der Waals surface area contributed by atoms with E-state index in [-0.39, 0.29) is 24.6 Å². The van der Waals surface area contributed by atoms with Gasteiger partial charge in [0.15, 0.2) is 0 Å². The Morgan fingerprint density at radius 1 is 1.10 bits per heavy atom. The predicted octanol–water partition coefficient (Wildman–Crippen LogP) is 6.92. The zero-order chi connectivity index (χ0) is 28.9. The average molecular weight is 572 g/mol. The second kappa shape index (κ2) is 12.7. The fourth-order valence-electron chi connectivity index (χ4n) is 4.99. The van der Waals surface area contributed by atoms with Crippen LogP contribution in [0.4, 0.5) is 4.39 Å². The quantitative estimate of drug-likeness (QED) is 0.215. The number of rotatable bonds is 10. The fourth-order valence-corrected chi connectivity index (χ4v) is 5.22. The molecule has 4 aromatic rings. The van der Waals surface area contributed by atoms with Gasteiger partial charge in [-0.2, -0.15) is 5.26 Å². The van der Waals surface area contributed by atoms with Crippen LogP contribution >= 0.6 is 11.6 Å². The average Bonchev–Trinajstić information content (AvgIpc) is 3.39. The maximum absolute atomic E-state index is 14.6. The predicted molar refractivity (Wildman–Crippen MR) is 156 cm³/mol. The second-order valence-corrected chi connectivity index (χ2v) is 10.7. The lowest BCUT2D eigenvalue weighted by molar-refractivity contribution is 0.152. The SMILES string of the molecule is C[C@@H](O)[C@@H](C)NCc1cc(Cl)c(O[C@@H]2CCc3c(-c4ccccc4F)cccc32)cc1OCc1cncc(C#N)c1. The van der Waals surface area contributed by atoms with Gasteiger partial charge in [-0.1, -0.05) is 48.0 Å². The molecule has 0 aliphatic heterocycles. The summed E-state index contributed by atoms with van der Waals surface area (Å²) >= 11 is 6.74. The first kappa shape index (κ1) is 28.6. The molecule has 0 unspecified atom stereocenters. The third-order valence-corrected chi connectivity index (χ3v) is 7.72. The van der Waals surface area contributed by atoms with Gasteiger partial charge >= 0.3 is 0 Å². The van der Waals surface area contributed by atoms with Gasteiger partial charge in [0.2, 0.25) is 0 Å². The number of aliphatic hydroxyl groups excluding tert-OH is 1. The van der Waals surface area contributed by atoms with Crippen LogP contribution in [0.1, 0.15) is 54.2 Å². The number of nitrogens with one attached hydrogen (secondary N) is 1. The normalized spacial score (nSPS) is 15.6. The monoisotopic (exact) mass is 571 g/mol. The molecule has 1 heterocycles. The van der Waals surface area contributed by atoms with Gasteiger partial charge in [-0.3, -0.25) is 4.98 Å². The van der Waals surface area contributed by atoms with Crippen molar-refractivity contribution in [3.8, 4) is 28.7 Å². The van der Waals surface area contributed by atoms with Crippen molar-refractivity contribution in [2.24, 2.45) is 0 Å². The number of aliphatic hydroxyl groups is 1. The number of aromatic nitrogens is 1. The number of hydrogen-bond donors (Lipinski definition) is 2. The molecule has 210 valence electrons. The highest BCUT2D eigenvalue weighted by molar-refractivity contribution is 6.32. The molecule has 0 saturated heterocycles. The van der Waals surface area contributed by atoms with Crippen LogP contribution < -0.4 is 14.8 Å². The Labute approximate surface area is 244 Å². The highest BCUT2D eigenvalue weighted by atomic mass is 35.5. The largest absolute Gasteiger partial charge is 0.488 e. The van der Waals surface area contributed by atoms with Crippen molar-refractivity contribution in [2.45, 2.75) is 58.1 Å². The van der Waals surface area contributed by atoms with Crippen LogP contribution in [0.5, 0.6) is 11.5 Å². The number of benzene rings is 3. The lowest BCUT2D eigenvalue weighted by Gasteiger charge is -2.21. The molecule has 5 rings (SSSR count). The van der Waals surface area contributed by atoms with E-state index in [4.69, 9.17) is 21.1 Å². The molecule has 1 aliphatic carbocycles. The van der Waals surface area contributed by atoms with Gasteiger partial charge in [-0.05, 0) is 61.6 Å². The summed E-state index contributed by atoms with van der Waals surface area (Å²) in [5.41, 5.74) is 5.55. The van der Waals surface area contributed by atoms with Crippen LogP contribution in [0.3, 0.4) is 0 Å². The van der Waals surface area contributed by atoms with E-state index in [0.29, 0.717) is 34.2 Å². The van der Waals surface area contributed by atoms with Crippen molar-refractivity contribution in [1.29, 1.82) is 5.26 Å². The lowest BCUT2D eigenvalue weighted by Crippen LogP contribution is -2.35. The van der Waals surface area contributed by atoms with Crippen molar-refractivity contribution >= 4 is 11.6 Å². The minimum absolute atomic E-state index is 0.146. The number of ether oxygens (including phenoxy) is 2. The zero-order valence-corrected chi connectivity index (χ0v) is 23.7. The molecule has 8 heteroatoms. The summed E-state index contributed by atoms with van der Waals surface area (Å²) < 4.78 is 27.3. The van der Waals surface area contributed by atoms with Crippen LogP contribution in [-0.2, 0) is 19.6 Å². The van der Waals surface area contributed by atoms with E-state index in [1.807, 2.05) is 37.3 Å². The minimum Gasteiger partial charge on any atom is -0.488 e. The number of hydrogen-bond acceptors (Lipinski definition) is 6. The summed E-state index contributed by atoms with van der Waals surface area (Å²) in [5.74, 6) is 0.794. The van der Waals surface area contributed by atoms with Crippen molar-refractivity contribution in [3.05, 3.63) is 112 Å². The van der Waals surface area contributed by atoms with Crippen molar-refractivity contribution < 1.29 is 19.0 Å². The highest BCUT2D eigenvalue weighted by Crippen LogP contribution is 2.43. The second-order valence-electron chi connectivity index (χ2n) is 10.3. The van der Waals surface area contributed by atoms with Crippen molar-refractivity contribution in [1.82, 2.24) is 10.3 Å². The number of fused-ring (bicyclic) bond motifs is 1. The molecule has 1 aromatic heterocycles. The number of nitrogens with zero attached hydrogens (tertiary/aromatic N) is 2. The van der Waals surface area contributed by atoms with E-state index in [0.717, 1.165) is 40.7 Å². The molecule has 3 aromatic carbocycles. The van der Waals surface area contributed by atoms with Crippen LogP contribution in [0.15, 0.2) is 73.1 Å². The summed E-state index contributed by atoms with van der Waals surface area (Å²) in [6.45, 7) is 4.23. The number of nitriles is 1. The summed E-state index contributed by atoms with van der Waals surface area (Å²) in [6.07, 6.45) is 3.86. The maximum Gasteiger partial charge on any atom is 0.142 e. The standard InChI is InChI=1S/C33H31ClFN3O3/c1-20(21(2)39)38-18-24-13-29(34)33(14-32(24)40-19-23-12-22(15-36)16-37-17-23)41-31-11-10-26-25(7-5-8-28(26)31)27-6-3-4-9-30(27)35/h3-9,12-14,16-17,20-21,31,38-39H,10-11,18-19H2,1-2H3/t20-,21-,31-/m1/s1. The van der Waals surface area contributed by atoms with Crippen LogP contribution in [0.25, 0.3) is 11.1 Å². The highest BCUT2D eigenvalue weighted by Gasteiger charge is 2.28. The van der Waals surface area contributed by atoms with E-state index < -0.39 is 6.10 Å². The third kappa shape index (κ3) is 6.52. The summed E-state index contributed by atoms with van der Waals surface area (Å²) in [5, 5.41) is 22.9. The van der Waals surface area contributed by atoms with E-state index >= 15 is 0 Å². The van der Waals surface area contributed by atoms with E-state index in [9.17, 15) is 14.8 Å². The molecule has 0 radical (unpaired) electrons. The Bertz CT molecular complexity index is 1590. The van der Waals surface area contributed by atoms with E-state index in [1.54, 1.807) is 37.4 Å². The smallest absolute Gasteiger partial charge is 0.142 e. The van der Waals surface area contributed by atoms with Gasteiger partial charge in [0.25, 0.3) is 0 Å². The van der Waals surface area contributed by atoms with Gasteiger partial charge in [0, 0.05) is 47.7 Å². The van der Waals surface area contributed by atoms with Crippen LogP contribution in [-0.4, -0.2) is 22.2 Å². The first-order valence-electron chi connectivity index (χ1n) is 13.6. The minimum atomic E-state index is -0.533. The maximum atomic E-state index is 14.6. The van der Waals surface area contributed by atoms with Crippen LogP contribution in [0, 0.1) is 17.1 Å². The van der Waals surface area contributed by atoms with Gasteiger partial charge in [-0.15, -0.1) is 0 Å². The molecule has 6 nitrogen and oxygen atoms in total. The number of halogens is 2. The summed E-state index contributed by atoms with van der Waals surface area (Å²) in [7, 11) is 0. The Kier molecular flexibility index (Phi) is 8.84. The molecule has 0 saturated carbocycles. The summed E-state index contributed by atoms with van der Waals surface area (Å²) in [6, 6.07) is 20.0. The first-order chi connectivity index (χ1) is 19.8. The topological polar surface area (TPSA) is 87.4 Å². The molecule has 0 amide bonds. The molecule has 0 spiro atoms. The van der Waals surface area contributed by atoms with Gasteiger partial charge in [0.1, 0.15) is 36.1 Å². The Morgan fingerprint density at radius 3 is 2.68 bits per heavy atom. The molecule has 2 N–H and O–H groups in total. The molecule has 0 bridgehead atoms. The van der Waals surface area contributed by atoms with Crippen molar-refractivity contribution in [2.75, 3.05) is 0 Å². The van der Waals surface area contributed by atoms with Gasteiger partial charge < -0.3 is 19.9 Å². The van der Waals surface area contributed by atoms with E-state index in [2.05, 4.69) is 16.4 Å². The molecule has 0 fully saturated rings. The Balaban J connectivity index is 1.42. The lowest BCUT2D eigenvalue weighted by atomic mass is 9.96. The molecular formula is C33H31ClFN3O3. The van der Waals surface area contributed by atoms with E-state index in [1.165, 1.54) is 12.3 Å². The fraction of sp³-hybridized carbons (Fsp3) is 0.273. The molecule has 41 heavy (non-hydrogen) atoms. The first-order valence-corrected chi connectivity index (χ1v) is 14.0. The zero-order valence-electron chi connectivity index (χ0n) is 22.9. The van der Waals surface area contributed by atoms with Gasteiger partial charge in [-0.25, -0.2) is 4.39 Å². The third-order valence-electron chi connectivity index (χ3n) is 7.42.